The lowest BCUT2D eigenvalue weighted by molar-refractivity contribution is 0.0598. The van der Waals surface area contributed by atoms with Gasteiger partial charge in [0.2, 0.25) is 0 Å². The van der Waals surface area contributed by atoms with Crippen LogP contribution >= 0.6 is 15.9 Å². The number of nitrogens with one attached hydrogen (secondary N) is 1. The van der Waals surface area contributed by atoms with Crippen LogP contribution in [-0.2, 0) is 4.74 Å². The molecule has 1 aliphatic rings. The third-order valence-electron chi connectivity index (χ3n) is 4.42. The highest BCUT2D eigenvalue weighted by Gasteiger charge is 2.45. The Bertz CT molecular complexity index is 844. The van der Waals surface area contributed by atoms with Crippen LogP contribution in [0.15, 0.2) is 40.6 Å². The van der Waals surface area contributed by atoms with Gasteiger partial charge >= 0.3 is 5.97 Å². The fraction of sp³-hybridized carbons (Fsp3) is 0.333. The summed E-state index contributed by atoms with van der Waals surface area (Å²) in [5.74, 6) is -0.0349. The number of allylic oxidation sites excluding steroid dienone is 1. The molecule has 3 rings (SSSR count). The molecule has 2 aromatic rings. The Labute approximate surface area is 155 Å². The van der Waals surface area contributed by atoms with Gasteiger partial charge in [0.15, 0.2) is 0 Å². The first-order chi connectivity index (χ1) is 12.0. The summed E-state index contributed by atoms with van der Waals surface area (Å²) in [7, 11) is 3.21. The molecule has 1 aliphatic carbocycles. The molecule has 1 fully saturated rings. The fourth-order valence-corrected chi connectivity index (χ4v) is 3.57. The van der Waals surface area contributed by atoms with Crippen molar-refractivity contribution in [3.05, 3.63) is 57.6 Å². The second-order valence-electron chi connectivity index (χ2n) is 6.11. The molecule has 2 atom stereocenters. The summed E-state index contributed by atoms with van der Waals surface area (Å²) in [6.45, 7) is 1.83. The molecule has 0 saturated heterocycles. The summed E-state index contributed by atoms with van der Waals surface area (Å²) in [6.07, 6.45) is 2.68. The minimum Gasteiger partial charge on any atom is -0.465 e. The van der Waals surface area contributed by atoms with E-state index in [1.165, 1.54) is 7.11 Å². The lowest BCUT2D eigenvalue weighted by Gasteiger charge is -2.10. The summed E-state index contributed by atoms with van der Waals surface area (Å²) < 4.78 is 7.78. The number of halogens is 1. The van der Waals surface area contributed by atoms with Gasteiger partial charge in [-0.25, -0.2) is 9.48 Å². The number of carbonyl (C=O) groups excluding carboxylic acids is 1. The second kappa shape index (κ2) is 6.92. The number of aromatic nitrogens is 2. The number of ether oxygens (including phenoxy) is 1. The summed E-state index contributed by atoms with van der Waals surface area (Å²) >= 11 is 3.49. The van der Waals surface area contributed by atoms with Gasteiger partial charge in [-0.3, -0.25) is 0 Å². The Hall–Kier alpha value is -2.28. The molecule has 0 bridgehead atoms. The largest absolute Gasteiger partial charge is 0.465 e. The Morgan fingerprint density at radius 2 is 2.28 bits per heavy atom. The SMILES string of the molecule is CN/C=C(\N)C1CC1c1c(C(=O)OC)c(C)nn1-c1cccc(Br)c1. The number of methoxy groups -OCH3 is 1. The van der Waals surface area contributed by atoms with Crippen LogP contribution in [0.1, 0.15) is 34.1 Å². The number of aryl methyl sites for hydroxylation is 1. The highest BCUT2D eigenvalue weighted by atomic mass is 79.9. The van der Waals surface area contributed by atoms with E-state index in [0.29, 0.717) is 11.3 Å². The van der Waals surface area contributed by atoms with Crippen molar-refractivity contribution in [2.75, 3.05) is 14.2 Å². The van der Waals surface area contributed by atoms with Crippen LogP contribution in [-0.4, -0.2) is 29.9 Å². The van der Waals surface area contributed by atoms with Crippen molar-refractivity contribution < 1.29 is 9.53 Å². The maximum atomic E-state index is 12.4. The zero-order valence-electron chi connectivity index (χ0n) is 14.4. The summed E-state index contributed by atoms with van der Waals surface area (Å²) in [5, 5.41) is 7.57. The standard InChI is InChI=1S/C18H21BrN4O2/c1-10-16(18(24)25-3)17(14-8-13(14)15(20)9-21-2)23(22-10)12-6-4-5-11(19)7-12/h4-7,9,13-14,21H,8,20H2,1-3H3/b15-9-. The molecule has 7 heteroatoms. The second-order valence-corrected chi connectivity index (χ2v) is 7.03. The zero-order valence-corrected chi connectivity index (χ0v) is 16.0. The van der Waals surface area contributed by atoms with Crippen molar-refractivity contribution in [3.63, 3.8) is 0 Å². The highest BCUT2D eigenvalue weighted by molar-refractivity contribution is 9.10. The lowest BCUT2D eigenvalue weighted by Crippen LogP contribution is -2.11. The van der Waals surface area contributed by atoms with E-state index < -0.39 is 0 Å². The summed E-state index contributed by atoms with van der Waals surface area (Å²) in [4.78, 5) is 12.4. The highest BCUT2D eigenvalue weighted by Crippen LogP contribution is 2.52. The van der Waals surface area contributed by atoms with Crippen molar-refractivity contribution in [3.8, 4) is 5.69 Å². The lowest BCUT2D eigenvalue weighted by atomic mass is 10.1. The Balaban J connectivity index is 2.11. The van der Waals surface area contributed by atoms with Gasteiger partial charge in [-0.1, -0.05) is 22.0 Å². The number of esters is 1. The van der Waals surface area contributed by atoms with Crippen LogP contribution < -0.4 is 11.1 Å². The minimum absolute atomic E-state index is 0.138. The predicted molar refractivity (Wildman–Crippen MR) is 99.5 cm³/mol. The monoisotopic (exact) mass is 404 g/mol. The van der Waals surface area contributed by atoms with Gasteiger partial charge in [0, 0.05) is 35.3 Å². The number of carbonyl (C=O) groups is 1. The van der Waals surface area contributed by atoms with Gasteiger partial charge in [-0.2, -0.15) is 5.10 Å². The van der Waals surface area contributed by atoms with Crippen LogP contribution in [0.25, 0.3) is 5.69 Å². The van der Waals surface area contributed by atoms with E-state index in [9.17, 15) is 4.79 Å². The van der Waals surface area contributed by atoms with Gasteiger partial charge in [0.25, 0.3) is 0 Å². The number of hydrogen-bond acceptors (Lipinski definition) is 5. The topological polar surface area (TPSA) is 82.2 Å². The molecule has 132 valence electrons. The third-order valence-corrected chi connectivity index (χ3v) is 4.91. The van der Waals surface area contributed by atoms with E-state index in [1.54, 1.807) is 6.20 Å². The van der Waals surface area contributed by atoms with Crippen LogP contribution in [0, 0.1) is 12.8 Å². The molecule has 2 unspecified atom stereocenters. The van der Waals surface area contributed by atoms with E-state index in [4.69, 9.17) is 10.5 Å². The first-order valence-corrected chi connectivity index (χ1v) is 8.83. The van der Waals surface area contributed by atoms with Crippen LogP contribution in [0.2, 0.25) is 0 Å². The van der Waals surface area contributed by atoms with Crippen molar-refractivity contribution in [2.24, 2.45) is 11.7 Å². The predicted octanol–water partition coefficient (Wildman–Crippen LogP) is 2.85. The van der Waals surface area contributed by atoms with E-state index in [0.717, 1.165) is 28.0 Å². The Morgan fingerprint density at radius 1 is 1.52 bits per heavy atom. The van der Waals surface area contributed by atoms with Crippen LogP contribution in [0.3, 0.4) is 0 Å². The maximum Gasteiger partial charge on any atom is 0.341 e. The molecule has 1 saturated carbocycles. The van der Waals surface area contributed by atoms with Gasteiger partial charge in [-0.15, -0.1) is 0 Å². The number of rotatable bonds is 5. The van der Waals surface area contributed by atoms with E-state index in [-0.39, 0.29) is 17.8 Å². The maximum absolute atomic E-state index is 12.4. The normalized spacial score (nSPS) is 19.6. The molecule has 0 amide bonds. The molecule has 0 aliphatic heterocycles. The van der Waals surface area contributed by atoms with Crippen LogP contribution in [0.5, 0.6) is 0 Å². The number of hydrogen-bond donors (Lipinski definition) is 2. The first-order valence-electron chi connectivity index (χ1n) is 8.04. The molecule has 0 spiro atoms. The van der Waals surface area contributed by atoms with E-state index in [2.05, 4.69) is 26.3 Å². The fourth-order valence-electron chi connectivity index (χ4n) is 3.19. The van der Waals surface area contributed by atoms with Crippen molar-refractivity contribution >= 4 is 21.9 Å². The van der Waals surface area contributed by atoms with Crippen molar-refractivity contribution in [1.29, 1.82) is 0 Å². The quantitative estimate of drug-likeness (QED) is 0.748. The van der Waals surface area contributed by atoms with Gasteiger partial charge in [0.1, 0.15) is 5.56 Å². The van der Waals surface area contributed by atoms with Crippen molar-refractivity contribution in [1.82, 2.24) is 15.1 Å². The van der Waals surface area contributed by atoms with E-state index >= 15 is 0 Å². The average Bonchev–Trinajstić information content (AvgIpc) is 3.31. The molecular formula is C18H21BrN4O2. The number of benzene rings is 1. The molecule has 0 radical (unpaired) electrons. The van der Waals surface area contributed by atoms with E-state index in [1.807, 2.05) is 42.9 Å². The smallest absolute Gasteiger partial charge is 0.341 e. The van der Waals surface area contributed by atoms with Crippen molar-refractivity contribution in [2.45, 2.75) is 19.3 Å². The number of nitrogens with two attached hydrogens (primary N) is 1. The summed E-state index contributed by atoms with van der Waals surface area (Å²) in [6, 6.07) is 7.83. The third kappa shape index (κ3) is 3.28. The number of nitrogens with zero attached hydrogens (tertiary/aromatic N) is 2. The van der Waals surface area contributed by atoms with Crippen LogP contribution in [0.4, 0.5) is 0 Å². The molecule has 1 heterocycles. The molecule has 3 N–H and O–H groups in total. The van der Waals surface area contributed by atoms with Gasteiger partial charge in [-0.05, 0) is 31.5 Å². The summed E-state index contributed by atoms with van der Waals surface area (Å²) in [5.41, 5.74) is 9.87. The Kier molecular flexibility index (Phi) is 4.85. The minimum atomic E-state index is -0.365. The molecule has 1 aromatic heterocycles. The molecule has 6 nitrogen and oxygen atoms in total. The molecular weight excluding hydrogens is 384 g/mol. The van der Waals surface area contributed by atoms with Gasteiger partial charge in [0.05, 0.1) is 24.2 Å². The molecule has 25 heavy (non-hydrogen) atoms. The Morgan fingerprint density at radius 3 is 2.92 bits per heavy atom. The van der Waals surface area contributed by atoms with Gasteiger partial charge < -0.3 is 15.8 Å². The molecule has 1 aromatic carbocycles. The first kappa shape index (κ1) is 17.5. The average molecular weight is 405 g/mol. The zero-order chi connectivity index (χ0) is 18.1.